The van der Waals surface area contributed by atoms with E-state index in [1.165, 1.54) is 48.5 Å². The second kappa shape index (κ2) is 10.7. The summed E-state index contributed by atoms with van der Waals surface area (Å²) >= 11 is 5.91. The zero-order chi connectivity index (χ0) is 24.0. The fraction of sp³-hybridized carbons (Fsp3) is 0.130. The van der Waals surface area contributed by atoms with Gasteiger partial charge in [-0.1, -0.05) is 53.6 Å². The normalized spacial score (nSPS) is 11.8. The van der Waals surface area contributed by atoms with E-state index in [9.17, 15) is 22.0 Å². The van der Waals surface area contributed by atoms with Gasteiger partial charge in [0.15, 0.2) is 0 Å². The summed E-state index contributed by atoms with van der Waals surface area (Å²) in [5, 5.41) is 3.76. The van der Waals surface area contributed by atoms with Crippen LogP contribution in [0.25, 0.3) is 0 Å². The van der Waals surface area contributed by atoms with Crippen molar-refractivity contribution in [3.63, 3.8) is 0 Å². The quantitative estimate of drug-likeness (QED) is 0.377. The van der Waals surface area contributed by atoms with E-state index in [2.05, 4.69) is 10.5 Å². The van der Waals surface area contributed by atoms with E-state index in [1.807, 2.05) is 0 Å². The standard InChI is InChI=1S/C23H20ClF2N3O3S/c1-16-9-11-18(12-10-16)33(31,32)29(14-17-5-2-3-7-21(17)25)15-23(30)28-27-13-19-20(24)6-4-8-22(19)26/h2-13H,14-15H2,1H3,(H,28,30). The molecule has 3 rings (SSSR count). The van der Waals surface area contributed by atoms with Gasteiger partial charge in [-0.2, -0.15) is 9.41 Å². The molecular weight excluding hydrogens is 472 g/mol. The largest absolute Gasteiger partial charge is 0.272 e. The van der Waals surface area contributed by atoms with Crippen LogP contribution >= 0.6 is 11.6 Å². The van der Waals surface area contributed by atoms with Gasteiger partial charge in [0.25, 0.3) is 5.91 Å². The molecule has 0 aromatic heterocycles. The zero-order valence-electron chi connectivity index (χ0n) is 17.5. The van der Waals surface area contributed by atoms with Gasteiger partial charge in [-0.25, -0.2) is 22.6 Å². The average molecular weight is 492 g/mol. The van der Waals surface area contributed by atoms with Crippen LogP contribution in [0.4, 0.5) is 8.78 Å². The van der Waals surface area contributed by atoms with Crippen molar-refractivity contribution in [2.75, 3.05) is 6.54 Å². The van der Waals surface area contributed by atoms with Gasteiger partial charge in [-0.15, -0.1) is 0 Å². The molecule has 0 heterocycles. The lowest BCUT2D eigenvalue weighted by Crippen LogP contribution is -2.39. The molecule has 3 aromatic carbocycles. The Morgan fingerprint density at radius 2 is 1.70 bits per heavy atom. The van der Waals surface area contributed by atoms with Gasteiger partial charge in [0.05, 0.1) is 22.7 Å². The summed E-state index contributed by atoms with van der Waals surface area (Å²) in [4.78, 5) is 12.4. The molecule has 0 saturated heterocycles. The summed E-state index contributed by atoms with van der Waals surface area (Å²) in [7, 11) is -4.15. The Hall–Kier alpha value is -3.14. The van der Waals surface area contributed by atoms with Crippen LogP contribution in [-0.4, -0.2) is 31.4 Å². The van der Waals surface area contributed by atoms with E-state index in [0.29, 0.717) is 0 Å². The van der Waals surface area contributed by atoms with Crippen molar-refractivity contribution >= 4 is 33.7 Å². The van der Waals surface area contributed by atoms with E-state index in [0.717, 1.165) is 16.1 Å². The molecule has 0 saturated carbocycles. The first-order valence-electron chi connectivity index (χ1n) is 9.74. The lowest BCUT2D eigenvalue weighted by Gasteiger charge is -2.22. The molecule has 1 N–H and O–H groups in total. The molecule has 0 unspecified atom stereocenters. The van der Waals surface area contributed by atoms with Crippen molar-refractivity contribution in [2.45, 2.75) is 18.4 Å². The minimum Gasteiger partial charge on any atom is -0.272 e. The minimum atomic E-state index is -4.15. The Labute approximate surface area is 195 Å². The molecule has 0 aliphatic rings. The predicted octanol–water partition coefficient (Wildman–Crippen LogP) is 4.27. The van der Waals surface area contributed by atoms with Gasteiger partial charge in [-0.3, -0.25) is 4.79 Å². The Balaban J connectivity index is 1.83. The topological polar surface area (TPSA) is 78.8 Å². The van der Waals surface area contributed by atoms with Crippen LogP contribution in [0.1, 0.15) is 16.7 Å². The number of nitrogens with one attached hydrogen (secondary N) is 1. The predicted molar refractivity (Wildman–Crippen MR) is 122 cm³/mol. The number of sulfonamides is 1. The smallest absolute Gasteiger partial charge is 0.255 e. The summed E-state index contributed by atoms with van der Waals surface area (Å²) in [6.07, 6.45) is 1.02. The van der Waals surface area contributed by atoms with E-state index in [-0.39, 0.29) is 27.6 Å². The first-order chi connectivity index (χ1) is 15.7. The second-order valence-corrected chi connectivity index (χ2v) is 9.45. The molecular formula is C23H20ClF2N3O3S. The number of hydrogen-bond acceptors (Lipinski definition) is 4. The van der Waals surface area contributed by atoms with Crippen LogP contribution in [-0.2, 0) is 21.4 Å². The number of hydrogen-bond donors (Lipinski definition) is 1. The molecule has 6 nitrogen and oxygen atoms in total. The number of nitrogens with zero attached hydrogens (tertiary/aromatic N) is 2. The number of carbonyl (C=O) groups excluding carboxylic acids is 1. The van der Waals surface area contributed by atoms with Gasteiger partial charge < -0.3 is 0 Å². The summed E-state index contributed by atoms with van der Waals surface area (Å²) in [6.45, 7) is 0.785. The first-order valence-corrected chi connectivity index (χ1v) is 11.6. The number of rotatable bonds is 8. The van der Waals surface area contributed by atoms with Crippen LogP contribution in [0.3, 0.4) is 0 Å². The number of benzene rings is 3. The highest BCUT2D eigenvalue weighted by Crippen LogP contribution is 2.20. The Bertz CT molecular complexity index is 1260. The number of halogens is 3. The number of carbonyl (C=O) groups is 1. The van der Waals surface area contributed by atoms with Gasteiger partial charge in [-0.05, 0) is 37.3 Å². The van der Waals surface area contributed by atoms with Crippen LogP contribution in [0.15, 0.2) is 76.7 Å². The molecule has 10 heteroatoms. The van der Waals surface area contributed by atoms with Gasteiger partial charge in [0, 0.05) is 17.7 Å². The molecule has 0 spiro atoms. The van der Waals surface area contributed by atoms with E-state index in [4.69, 9.17) is 11.6 Å². The highest BCUT2D eigenvalue weighted by molar-refractivity contribution is 7.89. The maximum absolute atomic E-state index is 14.2. The van der Waals surface area contributed by atoms with Gasteiger partial charge in [0.2, 0.25) is 10.0 Å². The summed E-state index contributed by atoms with van der Waals surface area (Å²) in [5.41, 5.74) is 3.08. The van der Waals surface area contributed by atoms with E-state index < -0.39 is 34.1 Å². The summed E-state index contributed by atoms with van der Waals surface area (Å²) in [6, 6.07) is 15.8. The van der Waals surface area contributed by atoms with Crippen molar-refractivity contribution in [1.82, 2.24) is 9.73 Å². The van der Waals surface area contributed by atoms with Crippen LogP contribution in [0, 0.1) is 18.6 Å². The number of amides is 1. The minimum absolute atomic E-state index is 0.0324. The number of hydrazone groups is 1. The Morgan fingerprint density at radius 3 is 2.36 bits per heavy atom. The van der Waals surface area contributed by atoms with Crippen molar-refractivity contribution < 1.29 is 22.0 Å². The second-order valence-electron chi connectivity index (χ2n) is 7.11. The lowest BCUT2D eigenvalue weighted by molar-refractivity contribution is -0.121. The monoisotopic (exact) mass is 491 g/mol. The fourth-order valence-electron chi connectivity index (χ4n) is 2.90. The molecule has 0 radical (unpaired) electrons. The molecule has 3 aromatic rings. The maximum atomic E-state index is 14.2. The first kappa shape index (κ1) is 24.5. The van der Waals surface area contributed by atoms with Crippen molar-refractivity contribution in [3.05, 3.63) is 100 Å². The number of aryl methyl sites for hydroxylation is 1. The molecule has 0 aliphatic carbocycles. The molecule has 0 bridgehead atoms. The molecule has 172 valence electrons. The van der Waals surface area contributed by atoms with Crippen molar-refractivity contribution in [1.29, 1.82) is 0 Å². The summed E-state index contributed by atoms with van der Waals surface area (Å²) in [5.74, 6) is -2.04. The van der Waals surface area contributed by atoms with Crippen LogP contribution in [0.2, 0.25) is 5.02 Å². The van der Waals surface area contributed by atoms with Crippen LogP contribution in [0.5, 0.6) is 0 Å². The third-order valence-electron chi connectivity index (χ3n) is 4.67. The van der Waals surface area contributed by atoms with E-state index in [1.54, 1.807) is 25.1 Å². The molecule has 1 amide bonds. The summed E-state index contributed by atoms with van der Waals surface area (Å²) < 4.78 is 55.3. The molecule has 0 aliphatic heterocycles. The van der Waals surface area contributed by atoms with E-state index >= 15 is 0 Å². The van der Waals surface area contributed by atoms with Gasteiger partial charge in [0.1, 0.15) is 11.6 Å². The zero-order valence-corrected chi connectivity index (χ0v) is 19.1. The highest BCUT2D eigenvalue weighted by Gasteiger charge is 2.27. The van der Waals surface area contributed by atoms with Crippen LogP contribution < -0.4 is 5.43 Å². The highest BCUT2D eigenvalue weighted by atomic mass is 35.5. The average Bonchev–Trinajstić information content (AvgIpc) is 2.77. The van der Waals surface area contributed by atoms with Crippen molar-refractivity contribution in [2.24, 2.45) is 5.10 Å². The molecule has 0 atom stereocenters. The van der Waals surface area contributed by atoms with Gasteiger partial charge >= 0.3 is 0 Å². The molecule has 33 heavy (non-hydrogen) atoms. The fourth-order valence-corrected chi connectivity index (χ4v) is 4.49. The third kappa shape index (κ3) is 6.22. The lowest BCUT2D eigenvalue weighted by atomic mass is 10.2. The molecule has 0 fully saturated rings. The van der Waals surface area contributed by atoms with Crippen molar-refractivity contribution in [3.8, 4) is 0 Å². The Kier molecular flexibility index (Phi) is 7.91. The Morgan fingerprint density at radius 1 is 1.03 bits per heavy atom. The maximum Gasteiger partial charge on any atom is 0.255 e. The SMILES string of the molecule is Cc1ccc(S(=O)(=O)N(CC(=O)NN=Cc2c(F)cccc2Cl)Cc2ccccc2F)cc1. The third-order valence-corrected chi connectivity index (χ3v) is 6.80.